The molecular weight excluding hydrogens is 312 g/mol. The molecule has 0 N–H and O–H groups in total. The molecule has 2 aliphatic heterocycles. The molecule has 1 unspecified atom stereocenters. The molecule has 0 amide bonds. The summed E-state index contributed by atoms with van der Waals surface area (Å²) >= 11 is 3.83. The van der Waals surface area contributed by atoms with Crippen molar-refractivity contribution in [3.8, 4) is 0 Å². The number of alkyl halides is 1. The van der Waals surface area contributed by atoms with Crippen LogP contribution in [0.5, 0.6) is 0 Å². The van der Waals surface area contributed by atoms with Gasteiger partial charge in [0.1, 0.15) is 0 Å². The third-order valence-electron chi connectivity index (χ3n) is 5.31. The van der Waals surface area contributed by atoms with E-state index < -0.39 is 0 Å². The predicted molar refractivity (Wildman–Crippen MR) is 91.7 cm³/mol. The van der Waals surface area contributed by atoms with Crippen molar-refractivity contribution in [2.75, 3.05) is 38.1 Å². The van der Waals surface area contributed by atoms with Gasteiger partial charge in [-0.2, -0.15) is 0 Å². The maximum Gasteiger partial charge on any atom is 0.0235 e. The van der Waals surface area contributed by atoms with Gasteiger partial charge in [-0.3, -0.25) is 4.90 Å². The average molecular weight is 345 g/mol. The van der Waals surface area contributed by atoms with E-state index in [0.29, 0.717) is 5.41 Å². The van der Waals surface area contributed by atoms with E-state index in [1.165, 1.54) is 83.0 Å². The molecule has 0 radical (unpaired) electrons. The quantitative estimate of drug-likeness (QED) is 0.610. The summed E-state index contributed by atoms with van der Waals surface area (Å²) in [4.78, 5) is 5.50. The number of hydrogen-bond donors (Lipinski definition) is 0. The van der Waals surface area contributed by atoms with Crippen LogP contribution in [0.4, 0.5) is 0 Å². The van der Waals surface area contributed by atoms with Crippen LogP contribution in [0.1, 0.15) is 58.8 Å². The lowest BCUT2D eigenvalue weighted by Gasteiger charge is -2.36. The third-order valence-corrected chi connectivity index (χ3v) is 6.50. The highest BCUT2D eigenvalue weighted by Crippen LogP contribution is 2.34. The number of likely N-dealkylation sites (tertiary alicyclic amines) is 2. The van der Waals surface area contributed by atoms with Crippen LogP contribution in [0.2, 0.25) is 0 Å². The second-order valence-corrected chi connectivity index (χ2v) is 7.62. The van der Waals surface area contributed by atoms with Crippen LogP contribution < -0.4 is 0 Å². The zero-order chi connectivity index (χ0) is 14.4. The molecule has 2 fully saturated rings. The normalized spacial score (nSPS) is 25.6. The predicted octanol–water partition coefficient (Wildman–Crippen LogP) is 4.14. The standard InChI is InChI=1S/C17H33BrN2/c1-3-8-17(14-18,9-4-2)15-19-12-7-16(13-19)20-10-5-6-11-20/h16H,3-15H2,1-2H3. The van der Waals surface area contributed by atoms with Crippen molar-refractivity contribution >= 4 is 15.9 Å². The molecule has 0 aliphatic carbocycles. The highest BCUT2D eigenvalue weighted by molar-refractivity contribution is 9.09. The highest BCUT2D eigenvalue weighted by atomic mass is 79.9. The summed E-state index contributed by atoms with van der Waals surface area (Å²) in [5.41, 5.74) is 0.517. The van der Waals surface area contributed by atoms with E-state index in [-0.39, 0.29) is 0 Å². The molecule has 0 saturated carbocycles. The van der Waals surface area contributed by atoms with E-state index in [1.807, 2.05) is 0 Å². The van der Waals surface area contributed by atoms with E-state index in [9.17, 15) is 0 Å². The van der Waals surface area contributed by atoms with Gasteiger partial charge in [0.25, 0.3) is 0 Å². The van der Waals surface area contributed by atoms with Crippen molar-refractivity contribution < 1.29 is 0 Å². The second kappa shape index (κ2) is 8.14. The molecule has 0 aromatic carbocycles. The van der Waals surface area contributed by atoms with E-state index in [2.05, 4.69) is 39.6 Å². The van der Waals surface area contributed by atoms with Gasteiger partial charge in [-0.1, -0.05) is 42.6 Å². The molecule has 0 aromatic rings. The lowest BCUT2D eigenvalue weighted by molar-refractivity contribution is 0.157. The van der Waals surface area contributed by atoms with Gasteiger partial charge in [0.2, 0.25) is 0 Å². The molecule has 2 saturated heterocycles. The molecule has 0 spiro atoms. The van der Waals surface area contributed by atoms with Crippen molar-refractivity contribution in [2.24, 2.45) is 5.41 Å². The summed E-state index contributed by atoms with van der Waals surface area (Å²) in [6, 6.07) is 0.855. The summed E-state index contributed by atoms with van der Waals surface area (Å²) < 4.78 is 0. The average Bonchev–Trinajstić information content (AvgIpc) is 3.09. The molecule has 1 atom stereocenters. The van der Waals surface area contributed by atoms with Crippen LogP contribution in [0, 0.1) is 5.41 Å². The van der Waals surface area contributed by atoms with Crippen molar-refractivity contribution in [3.63, 3.8) is 0 Å². The van der Waals surface area contributed by atoms with E-state index >= 15 is 0 Å². The Morgan fingerprint density at radius 1 is 1.05 bits per heavy atom. The molecule has 2 aliphatic rings. The van der Waals surface area contributed by atoms with Crippen LogP contribution >= 0.6 is 15.9 Å². The maximum atomic E-state index is 3.83. The molecule has 2 nitrogen and oxygen atoms in total. The fraction of sp³-hybridized carbons (Fsp3) is 1.00. The largest absolute Gasteiger partial charge is 0.301 e. The Morgan fingerprint density at radius 2 is 1.70 bits per heavy atom. The monoisotopic (exact) mass is 344 g/mol. The Morgan fingerprint density at radius 3 is 2.25 bits per heavy atom. The molecule has 118 valence electrons. The lowest BCUT2D eigenvalue weighted by atomic mass is 9.81. The molecule has 0 aromatic heterocycles. The summed E-state index contributed by atoms with van der Waals surface area (Å²) in [6.07, 6.45) is 9.62. The van der Waals surface area contributed by atoms with Crippen molar-refractivity contribution in [2.45, 2.75) is 64.8 Å². The third kappa shape index (κ3) is 4.20. The topological polar surface area (TPSA) is 6.48 Å². The Balaban J connectivity index is 1.87. The van der Waals surface area contributed by atoms with Crippen LogP contribution in [-0.4, -0.2) is 53.9 Å². The van der Waals surface area contributed by atoms with E-state index in [0.717, 1.165) is 6.04 Å². The van der Waals surface area contributed by atoms with Gasteiger partial charge < -0.3 is 4.90 Å². The van der Waals surface area contributed by atoms with Gasteiger partial charge in [0.05, 0.1) is 0 Å². The van der Waals surface area contributed by atoms with Crippen LogP contribution in [-0.2, 0) is 0 Å². The zero-order valence-corrected chi connectivity index (χ0v) is 15.1. The summed E-state index contributed by atoms with van der Waals surface area (Å²) in [7, 11) is 0. The molecule has 20 heavy (non-hydrogen) atoms. The molecule has 2 heterocycles. The summed E-state index contributed by atoms with van der Waals surface area (Å²) in [5.74, 6) is 0. The first kappa shape index (κ1) is 16.8. The summed E-state index contributed by atoms with van der Waals surface area (Å²) in [6.45, 7) is 11.3. The minimum Gasteiger partial charge on any atom is -0.301 e. The van der Waals surface area contributed by atoms with Crippen LogP contribution in [0.25, 0.3) is 0 Å². The maximum absolute atomic E-state index is 3.83. The van der Waals surface area contributed by atoms with Crippen molar-refractivity contribution in [1.82, 2.24) is 9.80 Å². The van der Waals surface area contributed by atoms with Crippen molar-refractivity contribution in [1.29, 1.82) is 0 Å². The molecule has 3 heteroatoms. The van der Waals surface area contributed by atoms with Crippen LogP contribution in [0.15, 0.2) is 0 Å². The minimum atomic E-state index is 0.517. The first-order valence-corrected chi connectivity index (χ1v) is 9.87. The van der Waals surface area contributed by atoms with E-state index in [4.69, 9.17) is 0 Å². The van der Waals surface area contributed by atoms with Gasteiger partial charge in [-0.05, 0) is 57.2 Å². The Bertz CT molecular complexity index is 270. The van der Waals surface area contributed by atoms with Gasteiger partial charge >= 0.3 is 0 Å². The zero-order valence-electron chi connectivity index (χ0n) is 13.5. The van der Waals surface area contributed by atoms with Crippen LogP contribution in [0.3, 0.4) is 0 Å². The van der Waals surface area contributed by atoms with Gasteiger partial charge in [0, 0.05) is 24.5 Å². The fourth-order valence-electron chi connectivity index (χ4n) is 4.35. The second-order valence-electron chi connectivity index (χ2n) is 7.05. The first-order chi connectivity index (χ1) is 9.73. The molecule has 2 rings (SSSR count). The first-order valence-electron chi connectivity index (χ1n) is 8.75. The van der Waals surface area contributed by atoms with E-state index in [1.54, 1.807) is 0 Å². The summed E-state index contributed by atoms with van der Waals surface area (Å²) in [5, 5.41) is 1.17. The van der Waals surface area contributed by atoms with Gasteiger partial charge in [0.15, 0.2) is 0 Å². The van der Waals surface area contributed by atoms with Crippen molar-refractivity contribution in [3.05, 3.63) is 0 Å². The highest BCUT2D eigenvalue weighted by Gasteiger charge is 2.35. The Kier molecular flexibility index (Phi) is 6.83. The molecule has 0 bridgehead atoms. The van der Waals surface area contributed by atoms with Gasteiger partial charge in [-0.15, -0.1) is 0 Å². The minimum absolute atomic E-state index is 0.517. The SMILES string of the molecule is CCCC(CBr)(CCC)CN1CCC(N2CCCC2)C1. The molecular formula is C17H33BrN2. The van der Waals surface area contributed by atoms with Gasteiger partial charge in [-0.25, -0.2) is 0 Å². The smallest absolute Gasteiger partial charge is 0.0235 e. The fourth-order valence-corrected chi connectivity index (χ4v) is 5.09. The Hall–Kier alpha value is 0.400. The Labute approximate surface area is 134 Å². The number of rotatable bonds is 8. The number of hydrogen-bond acceptors (Lipinski definition) is 2. The number of halogens is 1. The lowest BCUT2D eigenvalue weighted by Crippen LogP contribution is -2.40. The number of nitrogens with zero attached hydrogens (tertiary/aromatic N) is 2.